The largest absolute Gasteiger partial charge is 0.370 e. The summed E-state index contributed by atoms with van der Waals surface area (Å²) in [6.45, 7) is 9.64. The van der Waals surface area contributed by atoms with E-state index in [0.29, 0.717) is 11.1 Å². The summed E-state index contributed by atoms with van der Waals surface area (Å²) in [5.41, 5.74) is 3.21. The molecule has 0 bridgehead atoms. The minimum absolute atomic E-state index is 0.181. The van der Waals surface area contributed by atoms with Crippen molar-refractivity contribution in [1.82, 2.24) is 19.8 Å². The minimum atomic E-state index is 0.181. The molecule has 160 valence electrons. The fourth-order valence-corrected chi connectivity index (χ4v) is 5.82. The Morgan fingerprint density at radius 3 is 2.93 bits per heavy atom. The van der Waals surface area contributed by atoms with Crippen LogP contribution in [0.2, 0.25) is 0 Å². The number of hydrogen-bond donors (Lipinski definition) is 1. The molecular formula is C23H32N6O. The number of ether oxygens (including phenoxy) is 1. The van der Waals surface area contributed by atoms with Crippen LogP contribution >= 0.6 is 0 Å². The highest BCUT2D eigenvalue weighted by Gasteiger charge is 2.38. The molecule has 1 spiro atoms. The highest BCUT2D eigenvalue weighted by molar-refractivity contribution is 5.74. The van der Waals surface area contributed by atoms with Crippen LogP contribution in [0.15, 0.2) is 24.4 Å². The summed E-state index contributed by atoms with van der Waals surface area (Å²) in [6, 6.07) is 8.17. The van der Waals surface area contributed by atoms with Crippen LogP contribution in [0.25, 0.3) is 5.52 Å². The van der Waals surface area contributed by atoms with Crippen LogP contribution in [0, 0.1) is 16.7 Å². The van der Waals surface area contributed by atoms with Gasteiger partial charge in [0.15, 0.2) is 0 Å². The summed E-state index contributed by atoms with van der Waals surface area (Å²) in [5.74, 6) is 0. The lowest BCUT2D eigenvalue weighted by atomic mass is 9.73. The van der Waals surface area contributed by atoms with Crippen molar-refractivity contribution < 1.29 is 4.74 Å². The predicted octanol–water partition coefficient (Wildman–Crippen LogP) is 2.27. The number of hydrogen-bond acceptors (Lipinski definition) is 6. The van der Waals surface area contributed by atoms with Gasteiger partial charge in [-0.2, -0.15) is 10.4 Å². The van der Waals surface area contributed by atoms with Crippen LogP contribution < -0.4 is 10.2 Å². The first-order chi connectivity index (χ1) is 14.7. The van der Waals surface area contributed by atoms with Crippen molar-refractivity contribution in [2.75, 3.05) is 50.7 Å². The standard InChI is InChI=1S/C23H32N6O/c1-18-14-28(21-4-3-19(13-24)29-22(21)5-9-26-29)16-20(30-18)15-27-12-2-6-23(17-27)7-10-25-11-8-23/h3-5,9,18,20,25H,2,6-8,10-12,14-17H2,1H3/t18-,20+/m1/s1. The van der Waals surface area contributed by atoms with Gasteiger partial charge in [0.2, 0.25) is 0 Å². The number of aromatic nitrogens is 2. The Labute approximate surface area is 178 Å². The molecule has 0 saturated carbocycles. The van der Waals surface area contributed by atoms with Crippen molar-refractivity contribution in [1.29, 1.82) is 5.26 Å². The summed E-state index contributed by atoms with van der Waals surface area (Å²) in [5, 5.41) is 17.2. The number of morpholine rings is 1. The van der Waals surface area contributed by atoms with E-state index >= 15 is 0 Å². The number of fused-ring (bicyclic) bond motifs is 1. The number of pyridine rings is 1. The third-order valence-electron chi connectivity index (χ3n) is 7.18. The highest BCUT2D eigenvalue weighted by atomic mass is 16.5. The average Bonchev–Trinajstić information content (AvgIpc) is 3.23. The Morgan fingerprint density at radius 1 is 1.23 bits per heavy atom. The number of nitrogens with zero attached hydrogens (tertiary/aromatic N) is 5. The van der Waals surface area contributed by atoms with Gasteiger partial charge in [0.05, 0.1) is 29.6 Å². The average molecular weight is 409 g/mol. The lowest BCUT2D eigenvalue weighted by Gasteiger charge is -2.47. The van der Waals surface area contributed by atoms with Crippen molar-refractivity contribution in [3.8, 4) is 6.07 Å². The van der Waals surface area contributed by atoms with E-state index in [1.54, 1.807) is 10.7 Å². The van der Waals surface area contributed by atoms with Crippen LogP contribution in [0.3, 0.4) is 0 Å². The molecule has 2 atom stereocenters. The maximum Gasteiger partial charge on any atom is 0.142 e. The van der Waals surface area contributed by atoms with Crippen molar-refractivity contribution in [3.63, 3.8) is 0 Å². The molecule has 0 amide bonds. The molecule has 3 fully saturated rings. The second kappa shape index (κ2) is 8.18. The molecule has 30 heavy (non-hydrogen) atoms. The topological polar surface area (TPSA) is 68.8 Å². The monoisotopic (exact) mass is 408 g/mol. The van der Waals surface area contributed by atoms with Gasteiger partial charge in [-0.15, -0.1) is 0 Å². The van der Waals surface area contributed by atoms with E-state index in [4.69, 9.17) is 4.74 Å². The minimum Gasteiger partial charge on any atom is -0.370 e. The quantitative estimate of drug-likeness (QED) is 0.840. The predicted molar refractivity (Wildman–Crippen MR) is 117 cm³/mol. The van der Waals surface area contributed by atoms with E-state index in [1.807, 2.05) is 12.1 Å². The zero-order valence-corrected chi connectivity index (χ0v) is 17.9. The number of piperidine rings is 2. The molecule has 7 nitrogen and oxygen atoms in total. The third kappa shape index (κ3) is 3.80. The van der Waals surface area contributed by atoms with Gasteiger partial charge in [0.25, 0.3) is 0 Å². The molecule has 0 aliphatic carbocycles. The first-order valence-electron chi connectivity index (χ1n) is 11.4. The Kier molecular flexibility index (Phi) is 5.40. The first kappa shape index (κ1) is 19.8. The molecule has 2 aromatic rings. The lowest BCUT2D eigenvalue weighted by Crippen LogP contribution is -2.54. The molecule has 2 aromatic heterocycles. The maximum atomic E-state index is 9.37. The van der Waals surface area contributed by atoms with Crippen molar-refractivity contribution in [3.05, 3.63) is 30.1 Å². The zero-order chi connectivity index (χ0) is 20.6. The summed E-state index contributed by atoms with van der Waals surface area (Å²) in [7, 11) is 0. The van der Waals surface area contributed by atoms with Gasteiger partial charge in [-0.05, 0) is 75.9 Å². The second-order valence-electron chi connectivity index (χ2n) is 9.41. The van der Waals surface area contributed by atoms with Crippen molar-refractivity contribution in [2.24, 2.45) is 5.41 Å². The second-order valence-corrected chi connectivity index (χ2v) is 9.41. The molecule has 5 heterocycles. The number of likely N-dealkylation sites (tertiary alicyclic amines) is 1. The molecule has 3 aliphatic heterocycles. The summed E-state index contributed by atoms with van der Waals surface area (Å²) < 4.78 is 8.13. The molecule has 5 rings (SSSR count). The van der Waals surface area contributed by atoms with E-state index in [9.17, 15) is 5.26 Å². The molecule has 0 unspecified atom stereocenters. The van der Waals surface area contributed by atoms with Gasteiger partial charge < -0.3 is 19.9 Å². The number of nitriles is 1. The van der Waals surface area contributed by atoms with Crippen LogP contribution in [-0.2, 0) is 4.74 Å². The molecule has 0 radical (unpaired) electrons. The smallest absolute Gasteiger partial charge is 0.142 e. The summed E-state index contributed by atoms with van der Waals surface area (Å²) in [4.78, 5) is 5.07. The maximum absolute atomic E-state index is 9.37. The molecule has 3 saturated heterocycles. The van der Waals surface area contributed by atoms with Crippen LogP contribution in [0.4, 0.5) is 5.69 Å². The van der Waals surface area contributed by atoms with Gasteiger partial charge >= 0.3 is 0 Å². The Bertz CT molecular complexity index is 922. The van der Waals surface area contributed by atoms with E-state index < -0.39 is 0 Å². The van der Waals surface area contributed by atoms with E-state index in [1.165, 1.54) is 51.9 Å². The Hall–Kier alpha value is -2.14. The normalized spacial score (nSPS) is 27.4. The van der Waals surface area contributed by atoms with Crippen LogP contribution in [-0.4, -0.2) is 72.5 Å². The van der Waals surface area contributed by atoms with Crippen molar-refractivity contribution >= 4 is 11.2 Å². The number of nitrogens with one attached hydrogen (secondary N) is 1. The van der Waals surface area contributed by atoms with Crippen LogP contribution in [0.5, 0.6) is 0 Å². The first-order valence-corrected chi connectivity index (χ1v) is 11.4. The fraction of sp³-hybridized carbons (Fsp3) is 0.652. The fourth-order valence-electron chi connectivity index (χ4n) is 5.82. The molecular weight excluding hydrogens is 376 g/mol. The van der Waals surface area contributed by atoms with Gasteiger partial charge in [-0.25, -0.2) is 4.52 Å². The Morgan fingerprint density at radius 2 is 2.10 bits per heavy atom. The number of rotatable bonds is 3. The van der Waals surface area contributed by atoms with E-state index in [0.717, 1.165) is 30.8 Å². The molecule has 3 aliphatic rings. The van der Waals surface area contributed by atoms with Crippen LogP contribution in [0.1, 0.15) is 38.3 Å². The van der Waals surface area contributed by atoms with Gasteiger partial charge in [0.1, 0.15) is 11.8 Å². The van der Waals surface area contributed by atoms with Gasteiger partial charge in [0, 0.05) is 26.2 Å². The Balaban J connectivity index is 1.31. The SMILES string of the molecule is C[C@@H]1CN(c2ccc(C#N)n3nccc23)C[C@H](CN2CCCC3(CCNCC3)C2)O1. The van der Waals surface area contributed by atoms with Crippen molar-refractivity contribution in [2.45, 2.75) is 44.8 Å². The third-order valence-corrected chi connectivity index (χ3v) is 7.18. The molecule has 0 aromatic carbocycles. The van der Waals surface area contributed by atoms with Gasteiger partial charge in [-0.3, -0.25) is 0 Å². The lowest BCUT2D eigenvalue weighted by molar-refractivity contribution is -0.0466. The summed E-state index contributed by atoms with van der Waals surface area (Å²) in [6.07, 6.45) is 7.45. The zero-order valence-electron chi connectivity index (χ0n) is 17.9. The highest BCUT2D eigenvalue weighted by Crippen LogP contribution is 2.38. The number of anilines is 1. The van der Waals surface area contributed by atoms with E-state index in [2.05, 4.69) is 39.3 Å². The van der Waals surface area contributed by atoms with E-state index in [-0.39, 0.29) is 12.2 Å². The molecule has 1 N–H and O–H groups in total. The van der Waals surface area contributed by atoms with Gasteiger partial charge in [-0.1, -0.05) is 0 Å². The molecule has 7 heteroatoms. The summed E-state index contributed by atoms with van der Waals surface area (Å²) >= 11 is 0.